The van der Waals surface area contributed by atoms with Gasteiger partial charge < -0.3 is 14.7 Å². The Kier molecular flexibility index (Phi) is 7.90. The zero-order valence-electron chi connectivity index (χ0n) is 17.0. The standard InChI is InChI=1S/C20H30F2N2O3/c1-12(2)23-16(6)15(5)13(3)10-14(4)27-18-8-9-24(11-20(18,21)22)19(26)17(7)25/h10,17-18,25H,1,8-9,11H2,2-7H3/b14-10+,15-13+,23-16?. The maximum Gasteiger partial charge on any atom is 0.301 e. The van der Waals surface area contributed by atoms with Crippen molar-refractivity contribution < 1.29 is 23.4 Å². The molecule has 1 saturated heterocycles. The summed E-state index contributed by atoms with van der Waals surface area (Å²) in [6.45, 7) is 13.4. The number of aliphatic imine (C=N–C) groups is 1. The molecule has 152 valence electrons. The molecule has 0 bridgehead atoms. The number of alkyl halides is 2. The molecule has 1 aliphatic rings. The number of hydrogen-bond acceptors (Lipinski definition) is 4. The van der Waals surface area contributed by atoms with Crippen LogP contribution in [0.4, 0.5) is 8.78 Å². The summed E-state index contributed by atoms with van der Waals surface area (Å²) >= 11 is 0. The Morgan fingerprint density at radius 3 is 2.41 bits per heavy atom. The largest absolute Gasteiger partial charge is 0.489 e. The number of amides is 1. The van der Waals surface area contributed by atoms with Crippen molar-refractivity contribution in [3.8, 4) is 0 Å². The van der Waals surface area contributed by atoms with E-state index in [0.717, 1.165) is 21.8 Å². The fraction of sp³-hybridized carbons (Fsp3) is 0.600. The van der Waals surface area contributed by atoms with E-state index in [1.807, 2.05) is 20.8 Å². The van der Waals surface area contributed by atoms with Gasteiger partial charge in [0, 0.05) is 24.4 Å². The minimum Gasteiger partial charge on any atom is -0.489 e. The predicted molar refractivity (Wildman–Crippen MR) is 103 cm³/mol. The summed E-state index contributed by atoms with van der Waals surface area (Å²) < 4.78 is 34.3. The van der Waals surface area contributed by atoms with Crippen LogP contribution in [0.2, 0.25) is 0 Å². The maximum atomic E-state index is 14.4. The third kappa shape index (κ3) is 6.57. The number of hydrogen-bond donors (Lipinski definition) is 1. The smallest absolute Gasteiger partial charge is 0.301 e. The Morgan fingerprint density at radius 1 is 1.33 bits per heavy atom. The van der Waals surface area contributed by atoms with Crippen molar-refractivity contribution in [2.24, 2.45) is 4.99 Å². The lowest BCUT2D eigenvalue weighted by molar-refractivity contribution is -0.174. The van der Waals surface area contributed by atoms with Crippen molar-refractivity contribution in [2.75, 3.05) is 13.1 Å². The van der Waals surface area contributed by atoms with Gasteiger partial charge in [-0.3, -0.25) is 9.79 Å². The minimum atomic E-state index is -3.19. The van der Waals surface area contributed by atoms with Crippen LogP contribution in [0.5, 0.6) is 0 Å². The van der Waals surface area contributed by atoms with E-state index < -0.39 is 30.6 Å². The summed E-state index contributed by atoms with van der Waals surface area (Å²) in [6, 6.07) is 0. The number of piperidine rings is 1. The number of allylic oxidation sites excluding steroid dienone is 5. The van der Waals surface area contributed by atoms with Crippen LogP contribution in [0.3, 0.4) is 0 Å². The van der Waals surface area contributed by atoms with E-state index >= 15 is 0 Å². The number of ether oxygens (including phenoxy) is 1. The van der Waals surface area contributed by atoms with Crippen LogP contribution in [0.1, 0.15) is 48.0 Å². The molecule has 27 heavy (non-hydrogen) atoms. The van der Waals surface area contributed by atoms with Crippen LogP contribution in [-0.4, -0.2) is 52.8 Å². The molecule has 1 amide bonds. The normalized spacial score (nSPS) is 22.9. The topological polar surface area (TPSA) is 62.1 Å². The van der Waals surface area contributed by atoms with E-state index in [4.69, 9.17) is 4.74 Å². The van der Waals surface area contributed by atoms with Gasteiger partial charge in [-0.2, -0.15) is 0 Å². The number of carbonyl (C=O) groups excluding carboxylic acids is 1. The molecule has 0 aromatic carbocycles. The molecule has 2 unspecified atom stereocenters. The van der Waals surface area contributed by atoms with Gasteiger partial charge in [-0.15, -0.1) is 0 Å². The molecular formula is C20H30F2N2O3. The molecule has 7 heteroatoms. The summed E-state index contributed by atoms with van der Waals surface area (Å²) in [5, 5.41) is 9.31. The predicted octanol–water partition coefficient (Wildman–Crippen LogP) is 3.85. The van der Waals surface area contributed by atoms with Gasteiger partial charge in [0.1, 0.15) is 6.10 Å². The van der Waals surface area contributed by atoms with Gasteiger partial charge in [0.15, 0.2) is 6.10 Å². The van der Waals surface area contributed by atoms with Crippen LogP contribution in [0.15, 0.2) is 40.2 Å². The minimum absolute atomic E-state index is 0.00543. The SMILES string of the molecule is C=C(C)N=C(C)/C(C)=C(C)/C=C(\C)OC1CCN(C(=O)C(C)O)CC1(F)F. The molecule has 1 aliphatic heterocycles. The van der Waals surface area contributed by atoms with Crippen molar-refractivity contribution in [3.63, 3.8) is 0 Å². The molecule has 0 aromatic heterocycles. The fourth-order valence-corrected chi connectivity index (χ4v) is 2.84. The number of rotatable bonds is 6. The molecule has 0 radical (unpaired) electrons. The molecule has 0 saturated carbocycles. The quantitative estimate of drug-likeness (QED) is 0.430. The number of halogens is 2. The Balaban J connectivity index is 2.87. The molecule has 0 spiro atoms. The number of aliphatic hydroxyl groups is 1. The zero-order valence-corrected chi connectivity index (χ0v) is 17.0. The zero-order chi connectivity index (χ0) is 20.9. The third-order valence-corrected chi connectivity index (χ3v) is 4.44. The second-order valence-corrected chi connectivity index (χ2v) is 7.09. The Labute approximate surface area is 160 Å². The third-order valence-electron chi connectivity index (χ3n) is 4.44. The average Bonchev–Trinajstić information content (AvgIpc) is 2.53. The van der Waals surface area contributed by atoms with Gasteiger partial charge in [0.2, 0.25) is 0 Å². The van der Waals surface area contributed by atoms with E-state index in [1.165, 1.54) is 6.92 Å². The fourth-order valence-electron chi connectivity index (χ4n) is 2.84. The molecular weight excluding hydrogens is 354 g/mol. The summed E-state index contributed by atoms with van der Waals surface area (Å²) in [5.41, 5.74) is 3.28. The monoisotopic (exact) mass is 384 g/mol. The van der Waals surface area contributed by atoms with E-state index in [-0.39, 0.29) is 13.0 Å². The first-order chi connectivity index (χ1) is 12.3. The van der Waals surface area contributed by atoms with Crippen LogP contribution < -0.4 is 0 Å². The van der Waals surface area contributed by atoms with Crippen LogP contribution in [-0.2, 0) is 9.53 Å². The van der Waals surface area contributed by atoms with Gasteiger partial charge in [0.05, 0.1) is 12.3 Å². The average molecular weight is 384 g/mol. The highest BCUT2D eigenvalue weighted by Gasteiger charge is 2.48. The van der Waals surface area contributed by atoms with Gasteiger partial charge in [-0.25, -0.2) is 8.78 Å². The van der Waals surface area contributed by atoms with Crippen molar-refractivity contribution in [2.45, 2.75) is 66.1 Å². The molecule has 0 aliphatic carbocycles. The lowest BCUT2D eigenvalue weighted by atomic mass is 10.0. The maximum absolute atomic E-state index is 14.4. The number of carbonyl (C=O) groups is 1. The summed E-state index contributed by atoms with van der Waals surface area (Å²) in [7, 11) is 0. The molecule has 5 nitrogen and oxygen atoms in total. The van der Waals surface area contributed by atoms with E-state index in [9.17, 15) is 18.7 Å². The molecule has 1 N–H and O–H groups in total. The van der Waals surface area contributed by atoms with Crippen LogP contribution in [0, 0.1) is 0 Å². The second-order valence-electron chi connectivity index (χ2n) is 7.09. The molecule has 2 atom stereocenters. The summed E-state index contributed by atoms with van der Waals surface area (Å²) in [6.07, 6.45) is -0.907. The summed E-state index contributed by atoms with van der Waals surface area (Å²) in [5.74, 6) is -3.51. The van der Waals surface area contributed by atoms with Crippen molar-refractivity contribution in [3.05, 3.63) is 35.3 Å². The Hall–Kier alpha value is -2.02. The first-order valence-electron chi connectivity index (χ1n) is 8.93. The van der Waals surface area contributed by atoms with Gasteiger partial charge in [0.25, 0.3) is 5.91 Å². The van der Waals surface area contributed by atoms with Crippen LogP contribution >= 0.6 is 0 Å². The lowest BCUT2D eigenvalue weighted by Gasteiger charge is -2.38. The van der Waals surface area contributed by atoms with E-state index in [0.29, 0.717) is 11.5 Å². The van der Waals surface area contributed by atoms with Gasteiger partial charge >= 0.3 is 5.92 Å². The highest BCUT2D eigenvalue weighted by atomic mass is 19.3. The van der Waals surface area contributed by atoms with Crippen LogP contribution in [0.25, 0.3) is 0 Å². The van der Waals surface area contributed by atoms with E-state index in [2.05, 4.69) is 11.6 Å². The Morgan fingerprint density at radius 2 is 1.93 bits per heavy atom. The Bertz CT molecular complexity index is 679. The number of likely N-dealkylation sites (tertiary alicyclic amines) is 1. The highest BCUT2D eigenvalue weighted by molar-refractivity contribution is 5.99. The van der Waals surface area contributed by atoms with Crippen molar-refractivity contribution >= 4 is 11.6 Å². The molecule has 0 aromatic rings. The van der Waals surface area contributed by atoms with Gasteiger partial charge in [-0.05, 0) is 58.8 Å². The lowest BCUT2D eigenvalue weighted by Crippen LogP contribution is -2.55. The molecule has 1 rings (SSSR count). The first-order valence-corrected chi connectivity index (χ1v) is 8.93. The number of aliphatic hydroxyl groups excluding tert-OH is 1. The number of nitrogens with zero attached hydrogens (tertiary/aromatic N) is 2. The van der Waals surface area contributed by atoms with Gasteiger partial charge in [-0.1, -0.05) is 6.58 Å². The molecule has 1 fully saturated rings. The van der Waals surface area contributed by atoms with Crippen molar-refractivity contribution in [1.82, 2.24) is 4.90 Å². The second kappa shape index (κ2) is 9.26. The van der Waals surface area contributed by atoms with E-state index in [1.54, 1.807) is 19.9 Å². The first kappa shape index (κ1) is 23.0. The highest BCUT2D eigenvalue weighted by Crippen LogP contribution is 2.31. The van der Waals surface area contributed by atoms with Crippen molar-refractivity contribution in [1.29, 1.82) is 0 Å². The summed E-state index contributed by atoms with van der Waals surface area (Å²) in [4.78, 5) is 17.0. The molecule has 1 heterocycles.